The van der Waals surface area contributed by atoms with Gasteiger partial charge in [0.2, 0.25) is 0 Å². The molecule has 1 saturated heterocycles. The Morgan fingerprint density at radius 1 is 1.29 bits per heavy atom. The highest BCUT2D eigenvalue weighted by Gasteiger charge is 2.26. The van der Waals surface area contributed by atoms with E-state index in [9.17, 15) is 0 Å². The topological polar surface area (TPSA) is 24.5 Å². The third-order valence-corrected chi connectivity index (χ3v) is 4.40. The van der Waals surface area contributed by atoms with Gasteiger partial charge in [0.25, 0.3) is 0 Å². The number of hydrogen-bond donors (Lipinski definition) is 1. The fraction of sp³-hybridized carbons (Fsp3) is 1.00. The number of hydrogen-bond acceptors (Lipinski definition) is 3. The van der Waals surface area contributed by atoms with Crippen LogP contribution in [0.5, 0.6) is 0 Å². The van der Waals surface area contributed by atoms with Crippen LogP contribution in [0.3, 0.4) is 0 Å². The molecule has 0 spiro atoms. The van der Waals surface area contributed by atoms with Crippen LogP contribution in [0.1, 0.15) is 39.0 Å². The Morgan fingerprint density at radius 2 is 2.06 bits per heavy atom. The van der Waals surface area contributed by atoms with Crippen molar-refractivity contribution in [3.63, 3.8) is 0 Å². The second-order valence-electron chi connectivity index (χ2n) is 5.84. The van der Waals surface area contributed by atoms with Gasteiger partial charge in [-0.05, 0) is 38.6 Å². The lowest BCUT2D eigenvalue weighted by Gasteiger charge is -2.26. The maximum absolute atomic E-state index is 5.25. The van der Waals surface area contributed by atoms with E-state index >= 15 is 0 Å². The Bertz CT molecular complexity index is 216. The second-order valence-corrected chi connectivity index (χ2v) is 5.84. The zero-order chi connectivity index (χ0) is 12.1. The molecule has 2 unspecified atom stereocenters. The van der Waals surface area contributed by atoms with Crippen LogP contribution < -0.4 is 5.32 Å². The van der Waals surface area contributed by atoms with Crippen LogP contribution in [0.25, 0.3) is 0 Å². The fourth-order valence-electron chi connectivity index (χ4n) is 3.23. The molecule has 0 aromatic carbocycles. The highest BCUT2D eigenvalue weighted by Crippen LogP contribution is 2.20. The van der Waals surface area contributed by atoms with E-state index in [1.165, 1.54) is 45.2 Å². The van der Waals surface area contributed by atoms with Crippen LogP contribution in [0.15, 0.2) is 0 Å². The van der Waals surface area contributed by atoms with E-state index in [-0.39, 0.29) is 0 Å². The first-order chi connectivity index (χ1) is 8.29. The lowest BCUT2D eigenvalue weighted by atomic mass is 10.1. The van der Waals surface area contributed by atoms with Crippen molar-refractivity contribution in [1.29, 1.82) is 0 Å². The maximum Gasteiger partial charge on any atom is 0.0503 e. The third-order valence-electron chi connectivity index (χ3n) is 4.40. The standard InChI is InChI=1S/C14H28N2O/c1-12(9-15-14-5-3-4-6-14)16-8-7-13(10-16)11-17-2/h12-15H,3-11H2,1-2H3. The molecule has 2 rings (SSSR count). The van der Waals surface area contributed by atoms with Gasteiger partial charge in [0.1, 0.15) is 0 Å². The van der Waals surface area contributed by atoms with Gasteiger partial charge in [0.05, 0.1) is 6.61 Å². The Balaban J connectivity index is 1.64. The van der Waals surface area contributed by atoms with E-state index in [4.69, 9.17) is 4.74 Å². The summed E-state index contributed by atoms with van der Waals surface area (Å²) >= 11 is 0. The molecule has 2 fully saturated rings. The molecule has 100 valence electrons. The SMILES string of the molecule is COCC1CCN(C(C)CNC2CCCC2)C1. The lowest BCUT2D eigenvalue weighted by molar-refractivity contribution is 0.147. The second kappa shape index (κ2) is 6.72. The maximum atomic E-state index is 5.25. The molecule has 0 bridgehead atoms. The molecular weight excluding hydrogens is 212 g/mol. The predicted octanol–water partition coefficient (Wildman–Crippen LogP) is 1.88. The fourth-order valence-corrected chi connectivity index (χ4v) is 3.23. The van der Waals surface area contributed by atoms with Crippen molar-refractivity contribution in [3.05, 3.63) is 0 Å². The number of methoxy groups -OCH3 is 1. The zero-order valence-electron chi connectivity index (χ0n) is 11.5. The van der Waals surface area contributed by atoms with Gasteiger partial charge in [-0.2, -0.15) is 0 Å². The number of nitrogens with one attached hydrogen (secondary N) is 1. The van der Waals surface area contributed by atoms with Crippen LogP contribution in [0, 0.1) is 5.92 Å². The molecular formula is C14H28N2O. The molecule has 1 saturated carbocycles. The van der Waals surface area contributed by atoms with Gasteiger partial charge in [-0.3, -0.25) is 4.90 Å². The predicted molar refractivity (Wildman–Crippen MR) is 71.3 cm³/mol. The minimum absolute atomic E-state index is 0.678. The monoisotopic (exact) mass is 240 g/mol. The Kier molecular flexibility index (Phi) is 5.26. The highest BCUT2D eigenvalue weighted by atomic mass is 16.5. The van der Waals surface area contributed by atoms with Crippen LogP contribution >= 0.6 is 0 Å². The summed E-state index contributed by atoms with van der Waals surface area (Å²) in [6.07, 6.45) is 6.93. The first-order valence-corrected chi connectivity index (χ1v) is 7.26. The summed E-state index contributed by atoms with van der Waals surface area (Å²) in [5, 5.41) is 3.73. The van der Waals surface area contributed by atoms with Crippen LogP contribution in [-0.4, -0.2) is 50.3 Å². The van der Waals surface area contributed by atoms with Crippen molar-refractivity contribution < 1.29 is 4.74 Å². The smallest absolute Gasteiger partial charge is 0.0503 e. The molecule has 1 aliphatic carbocycles. The normalized spacial score (nSPS) is 28.9. The molecule has 0 amide bonds. The number of nitrogens with zero attached hydrogens (tertiary/aromatic N) is 1. The van der Waals surface area contributed by atoms with E-state index in [1.807, 2.05) is 7.11 Å². The molecule has 0 radical (unpaired) electrons. The quantitative estimate of drug-likeness (QED) is 0.767. The molecule has 1 aliphatic heterocycles. The van der Waals surface area contributed by atoms with Crippen LogP contribution in [0.2, 0.25) is 0 Å². The molecule has 0 aromatic heterocycles. The molecule has 0 aromatic rings. The van der Waals surface area contributed by atoms with Gasteiger partial charge in [-0.1, -0.05) is 12.8 Å². The largest absolute Gasteiger partial charge is 0.384 e. The van der Waals surface area contributed by atoms with Crippen molar-refractivity contribution in [3.8, 4) is 0 Å². The van der Waals surface area contributed by atoms with Crippen LogP contribution in [0.4, 0.5) is 0 Å². The molecule has 3 nitrogen and oxygen atoms in total. The third kappa shape index (κ3) is 3.94. The van der Waals surface area contributed by atoms with E-state index in [0.29, 0.717) is 6.04 Å². The van der Waals surface area contributed by atoms with E-state index < -0.39 is 0 Å². The Morgan fingerprint density at radius 3 is 2.76 bits per heavy atom. The number of rotatable bonds is 6. The average Bonchev–Trinajstić information content (AvgIpc) is 2.97. The van der Waals surface area contributed by atoms with Crippen molar-refractivity contribution >= 4 is 0 Å². The Labute approximate surface area is 106 Å². The number of likely N-dealkylation sites (tertiary alicyclic amines) is 1. The summed E-state index contributed by atoms with van der Waals surface area (Å²) in [5.74, 6) is 0.758. The molecule has 3 heteroatoms. The molecule has 17 heavy (non-hydrogen) atoms. The first-order valence-electron chi connectivity index (χ1n) is 7.26. The first kappa shape index (κ1) is 13.3. The summed E-state index contributed by atoms with van der Waals surface area (Å²) < 4.78 is 5.25. The summed E-state index contributed by atoms with van der Waals surface area (Å²) in [7, 11) is 1.81. The summed E-state index contributed by atoms with van der Waals surface area (Å²) in [6.45, 7) is 6.92. The van der Waals surface area contributed by atoms with Crippen molar-refractivity contribution in [2.45, 2.75) is 51.1 Å². The van der Waals surface area contributed by atoms with Crippen molar-refractivity contribution in [1.82, 2.24) is 10.2 Å². The summed E-state index contributed by atoms with van der Waals surface area (Å²) in [4.78, 5) is 2.62. The van der Waals surface area contributed by atoms with Crippen molar-refractivity contribution in [2.24, 2.45) is 5.92 Å². The number of ether oxygens (including phenoxy) is 1. The van der Waals surface area contributed by atoms with Crippen LogP contribution in [-0.2, 0) is 4.74 Å². The van der Waals surface area contributed by atoms with E-state index in [1.54, 1.807) is 0 Å². The van der Waals surface area contributed by atoms with Gasteiger partial charge in [-0.25, -0.2) is 0 Å². The Hall–Kier alpha value is -0.120. The van der Waals surface area contributed by atoms with Gasteiger partial charge in [-0.15, -0.1) is 0 Å². The van der Waals surface area contributed by atoms with Gasteiger partial charge >= 0.3 is 0 Å². The minimum atomic E-state index is 0.678. The molecule has 1 heterocycles. The van der Waals surface area contributed by atoms with Gasteiger partial charge < -0.3 is 10.1 Å². The van der Waals surface area contributed by atoms with Gasteiger partial charge in [0, 0.05) is 32.3 Å². The minimum Gasteiger partial charge on any atom is -0.384 e. The van der Waals surface area contributed by atoms with E-state index in [2.05, 4.69) is 17.1 Å². The molecule has 1 N–H and O–H groups in total. The molecule has 2 aliphatic rings. The van der Waals surface area contributed by atoms with Gasteiger partial charge in [0.15, 0.2) is 0 Å². The average molecular weight is 240 g/mol. The van der Waals surface area contributed by atoms with Crippen molar-refractivity contribution in [2.75, 3.05) is 33.4 Å². The molecule has 2 atom stereocenters. The van der Waals surface area contributed by atoms with E-state index in [0.717, 1.165) is 25.1 Å². The summed E-state index contributed by atoms with van der Waals surface area (Å²) in [5.41, 5.74) is 0. The zero-order valence-corrected chi connectivity index (χ0v) is 11.5. The lowest BCUT2D eigenvalue weighted by Crippen LogP contribution is -2.42. The summed E-state index contributed by atoms with van der Waals surface area (Å²) in [6, 6.07) is 1.48. The highest BCUT2D eigenvalue weighted by molar-refractivity contribution is 4.82.